The second kappa shape index (κ2) is 5.95. The third-order valence-corrected chi connectivity index (χ3v) is 3.53. The first-order chi connectivity index (χ1) is 9.49. The number of carbonyl (C=O) groups excluding carboxylic acids is 1. The molecule has 1 atom stereocenters. The van der Waals surface area contributed by atoms with E-state index < -0.39 is 0 Å². The minimum absolute atomic E-state index is 0.0515. The summed E-state index contributed by atoms with van der Waals surface area (Å²) in [6, 6.07) is 14.5. The van der Waals surface area contributed by atoms with Crippen LogP contribution in [0.4, 0.5) is 5.69 Å². The van der Waals surface area contributed by atoms with Gasteiger partial charge in [0.15, 0.2) is 0 Å². The molecule has 0 aliphatic heterocycles. The van der Waals surface area contributed by atoms with Crippen LogP contribution in [0.5, 0.6) is 0 Å². The summed E-state index contributed by atoms with van der Waals surface area (Å²) < 4.78 is 0. The molecule has 1 amide bonds. The first-order valence-electron chi connectivity index (χ1n) is 7.01. The van der Waals surface area contributed by atoms with Crippen LogP contribution >= 0.6 is 0 Å². The summed E-state index contributed by atoms with van der Waals surface area (Å²) in [5.41, 5.74) is 1.05. The maximum Gasteiger partial charge on any atom is 0.242 e. The third-order valence-electron chi connectivity index (χ3n) is 3.53. The summed E-state index contributed by atoms with van der Waals surface area (Å²) in [5.74, 6) is 0.0515. The molecular weight excluding hydrogens is 248 g/mol. The van der Waals surface area contributed by atoms with Crippen LogP contribution < -0.4 is 10.2 Å². The van der Waals surface area contributed by atoms with Gasteiger partial charge in [0.25, 0.3) is 0 Å². The molecule has 2 rings (SSSR count). The summed E-state index contributed by atoms with van der Waals surface area (Å²) in [6.07, 6.45) is 0. The van der Waals surface area contributed by atoms with Gasteiger partial charge in [0.2, 0.25) is 5.91 Å². The second-order valence-corrected chi connectivity index (χ2v) is 5.48. The first-order valence-corrected chi connectivity index (χ1v) is 7.01. The Balaban J connectivity index is 2.22. The van der Waals surface area contributed by atoms with Gasteiger partial charge in [-0.2, -0.15) is 0 Å². The van der Waals surface area contributed by atoms with Gasteiger partial charge in [0.05, 0.1) is 0 Å². The van der Waals surface area contributed by atoms with Crippen LogP contribution in [0.2, 0.25) is 0 Å². The zero-order valence-electron chi connectivity index (χ0n) is 12.6. The first kappa shape index (κ1) is 14.4. The summed E-state index contributed by atoms with van der Waals surface area (Å²) in [7, 11) is 1.95. The van der Waals surface area contributed by atoms with E-state index in [-0.39, 0.29) is 18.0 Å². The van der Waals surface area contributed by atoms with Crippen LogP contribution in [0, 0.1) is 0 Å². The minimum Gasteiger partial charge on any atom is -0.363 e. The molecule has 1 N–H and O–H groups in total. The van der Waals surface area contributed by atoms with Gasteiger partial charge in [0, 0.05) is 18.8 Å². The van der Waals surface area contributed by atoms with Crippen molar-refractivity contribution in [1.29, 1.82) is 0 Å². The van der Waals surface area contributed by atoms with Crippen molar-refractivity contribution in [2.45, 2.75) is 32.9 Å². The lowest BCUT2D eigenvalue weighted by Gasteiger charge is -2.27. The Morgan fingerprint density at radius 1 is 1.05 bits per heavy atom. The maximum atomic E-state index is 12.1. The smallest absolute Gasteiger partial charge is 0.242 e. The molecule has 0 aliphatic rings. The fraction of sp³-hybridized carbons (Fsp3) is 0.353. The molecule has 3 nitrogen and oxygen atoms in total. The van der Waals surface area contributed by atoms with E-state index >= 15 is 0 Å². The normalized spacial score (nSPS) is 12.4. The van der Waals surface area contributed by atoms with Crippen molar-refractivity contribution in [2.75, 3.05) is 11.9 Å². The number of nitrogens with zero attached hydrogens (tertiary/aromatic N) is 1. The van der Waals surface area contributed by atoms with Gasteiger partial charge in [-0.3, -0.25) is 4.79 Å². The topological polar surface area (TPSA) is 32.3 Å². The zero-order chi connectivity index (χ0) is 14.7. The SMILES string of the molecule is CC(C)NC(=O)[C@@H](C)N(C)c1ccc2ccccc2c1. The van der Waals surface area contributed by atoms with E-state index in [9.17, 15) is 4.79 Å². The molecule has 0 aromatic heterocycles. The van der Waals surface area contributed by atoms with Crippen LogP contribution in [-0.4, -0.2) is 25.0 Å². The number of carbonyl (C=O) groups is 1. The van der Waals surface area contributed by atoms with Gasteiger partial charge in [-0.25, -0.2) is 0 Å². The van der Waals surface area contributed by atoms with Crippen molar-refractivity contribution >= 4 is 22.4 Å². The number of hydrogen-bond donors (Lipinski definition) is 1. The molecule has 0 fully saturated rings. The predicted molar refractivity (Wildman–Crippen MR) is 85.1 cm³/mol. The Bertz CT molecular complexity index is 607. The van der Waals surface area contributed by atoms with Crippen LogP contribution in [-0.2, 0) is 4.79 Å². The molecule has 0 radical (unpaired) electrons. The number of fused-ring (bicyclic) bond motifs is 1. The number of rotatable bonds is 4. The van der Waals surface area contributed by atoms with Crippen molar-refractivity contribution in [3.63, 3.8) is 0 Å². The van der Waals surface area contributed by atoms with E-state index in [1.165, 1.54) is 10.8 Å². The highest BCUT2D eigenvalue weighted by Gasteiger charge is 2.18. The number of anilines is 1. The van der Waals surface area contributed by atoms with Crippen molar-refractivity contribution in [2.24, 2.45) is 0 Å². The van der Waals surface area contributed by atoms with E-state index in [1.54, 1.807) is 0 Å². The van der Waals surface area contributed by atoms with Crippen molar-refractivity contribution < 1.29 is 4.79 Å². The number of hydrogen-bond acceptors (Lipinski definition) is 2. The lowest BCUT2D eigenvalue weighted by atomic mass is 10.1. The Morgan fingerprint density at radius 2 is 1.70 bits per heavy atom. The Morgan fingerprint density at radius 3 is 2.35 bits per heavy atom. The van der Waals surface area contributed by atoms with Gasteiger partial charge < -0.3 is 10.2 Å². The highest BCUT2D eigenvalue weighted by molar-refractivity contribution is 5.88. The van der Waals surface area contributed by atoms with E-state index in [1.807, 2.05) is 44.9 Å². The lowest BCUT2D eigenvalue weighted by Crippen LogP contribution is -2.45. The van der Waals surface area contributed by atoms with E-state index in [0.29, 0.717) is 0 Å². The average molecular weight is 270 g/mol. The molecule has 106 valence electrons. The zero-order valence-corrected chi connectivity index (χ0v) is 12.6. The van der Waals surface area contributed by atoms with Gasteiger partial charge in [0.1, 0.15) is 6.04 Å². The van der Waals surface area contributed by atoms with Crippen LogP contribution in [0.15, 0.2) is 42.5 Å². The van der Waals surface area contributed by atoms with Crippen molar-refractivity contribution in [1.82, 2.24) is 5.32 Å². The molecule has 0 spiro atoms. The molecule has 2 aromatic rings. The molecular formula is C17H22N2O. The average Bonchev–Trinajstić information content (AvgIpc) is 2.44. The predicted octanol–water partition coefficient (Wildman–Crippen LogP) is 3.19. The maximum absolute atomic E-state index is 12.1. The fourth-order valence-corrected chi connectivity index (χ4v) is 2.20. The molecule has 3 heteroatoms. The van der Waals surface area contributed by atoms with Gasteiger partial charge >= 0.3 is 0 Å². The third kappa shape index (κ3) is 3.10. The Kier molecular flexibility index (Phi) is 4.28. The standard InChI is InChI=1S/C17H22N2O/c1-12(2)18-17(20)13(3)19(4)16-10-9-14-7-5-6-8-15(14)11-16/h5-13H,1-4H3,(H,18,20)/t13-/m1/s1. The van der Waals surface area contributed by atoms with Gasteiger partial charge in [-0.1, -0.05) is 30.3 Å². The molecule has 0 saturated heterocycles. The highest BCUT2D eigenvalue weighted by Crippen LogP contribution is 2.22. The van der Waals surface area contributed by atoms with Crippen molar-refractivity contribution in [3.8, 4) is 0 Å². The number of amides is 1. The molecule has 0 aliphatic carbocycles. The van der Waals surface area contributed by atoms with E-state index in [4.69, 9.17) is 0 Å². The number of benzene rings is 2. The van der Waals surface area contributed by atoms with Crippen molar-refractivity contribution in [3.05, 3.63) is 42.5 Å². The second-order valence-electron chi connectivity index (χ2n) is 5.48. The fourth-order valence-electron chi connectivity index (χ4n) is 2.20. The Hall–Kier alpha value is -2.03. The van der Waals surface area contributed by atoms with Gasteiger partial charge in [-0.15, -0.1) is 0 Å². The van der Waals surface area contributed by atoms with Crippen LogP contribution in [0.25, 0.3) is 10.8 Å². The summed E-state index contributed by atoms with van der Waals surface area (Å²) in [5, 5.41) is 5.35. The monoisotopic (exact) mass is 270 g/mol. The Labute approximate surface area is 120 Å². The number of nitrogens with one attached hydrogen (secondary N) is 1. The molecule has 0 bridgehead atoms. The summed E-state index contributed by atoms with van der Waals surface area (Å²) in [6.45, 7) is 5.87. The quantitative estimate of drug-likeness (QED) is 0.925. The molecule has 20 heavy (non-hydrogen) atoms. The van der Waals surface area contributed by atoms with E-state index in [0.717, 1.165) is 5.69 Å². The highest BCUT2D eigenvalue weighted by atomic mass is 16.2. The molecule has 0 unspecified atom stereocenters. The minimum atomic E-state index is -0.196. The van der Waals surface area contributed by atoms with Crippen LogP contribution in [0.3, 0.4) is 0 Å². The lowest BCUT2D eigenvalue weighted by molar-refractivity contribution is -0.122. The number of likely N-dealkylation sites (N-methyl/N-ethyl adjacent to an activating group) is 1. The summed E-state index contributed by atoms with van der Waals surface area (Å²) in [4.78, 5) is 14.1. The molecule has 0 saturated carbocycles. The molecule has 0 heterocycles. The van der Waals surface area contributed by atoms with Crippen LogP contribution in [0.1, 0.15) is 20.8 Å². The van der Waals surface area contributed by atoms with Gasteiger partial charge in [-0.05, 0) is 43.7 Å². The van der Waals surface area contributed by atoms with E-state index in [2.05, 4.69) is 35.6 Å². The molecule has 2 aromatic carbocycles. The largest absolute Gasteiger partial charge is 0.363 e. The summed E-state index contributed by atoms with van der Waals surface area (Å²) >= 11 is 0.